The number of rotatable bonds is 6. The van der Waals surface area contributed by atoms with Gasteiger partial charge in [0.15, 0.2) is 0 Å². The predicted octanol–water partition coefficient (Wildman–Crippen LogP) is 1.71. The average Bonchev–Trinajstić information content (AvgIpc) is 2.87. The highest BCUT2D eigenvalue weighted by Crippen LogP contribution is 2.50. The van der Waals surface area contributed by atoms with Crippen LogP contribution in [0.15, 0.2) is 0 Å². The van der Waals surface area contributed by atoms with Gasteiger partial charge in [0, 0.05) is 25.0 Å². The molecule has 0 aromatic rings. The summed E-state index contributed by atoms with van der Waals surface area (Å²) in [5.74, 6) is 2.03. The molecule has 0 N–H and O–H groups in total. The van der Waals surface area contributed by atoms with Crippen molar-refractivity contribution in [1.82, 2.24) is 4.90 Å². The molecular formula is C13H23NO2. The molecule has 1 aliphatic heterocycles. The van der Waals surface area contributed by atoms with Crippen LogP contribution < -0.4 is 0 Å². The number of nitrogens with zero attached hydrogens (tertiary/aromatic N) is 1. The molecule has 1 aliphatic carbocycles. The first-order valence-corrected chi connectivity index (χ1v) is 6.42. The van der Waals surface area contributed by atoms with E-state index in [9.17, 15) is 4.79 Å². The number of piperidine rings is 1. The summed E-state index contributed by atoms with van der Waals surface area (Å²) in [5.41, 5.74) is 0. The van der Waals surface area contributed by atoms with Crippen LogP contribution in [0.5, 0.6) is 0 Å². The Bertz CT molecular complexity index is 265. The molecule has 2 rings (SSSR count). The number of hydrogen-bond acceptors (Lipinski definition) is 3. The van der Waals surface area contributed by atoms with Crippen molar-refractivity contribution in [1.29, 1.82) is 0 Å². The molecule has 3 atom stereocenters. The lowest BCUT2D eigenvalue weighted by Crippen LogP contribution is -2.41. The van der Waals surface area contributed by atoms with Crippen molar-refractivity contribution in [3.8, 4) is 0 Å². The van der Waals surface area contributed by atoms with Crippen LogP contribution in [0.2, 0.25) is 0 Å². The second-order valence-electron chi connectivity index (χ2n) is 5.54. The molecule has 0 amide bonds. The molecule has 1 saturated heterocycles. The summed E-state index contributed by atoms with van der Waals surface area (Å²) in [6.07, 6.45) is 1.95. The van der Waals surface area contributed by atoms with Crippen LogP contribution in [0, 0.1) is 11.8 Å². The minimum absolute atomic E-state index is 0.219. The number of hydrogen-bond donors (Lipinski definition) is 0. The molecule has 3 heteroatoms. The van der Waals surface area contributed by atoms with Crippen LogP contribution in [-0.4, -0.2) is 42.5 Å². The summed E-state index contributed by atoms with van der Waals surface area (Å²) in [6, 6.07) is 1.23. The monoisotopic (exact) mass is 225 g/mol. The van der Waals surface area contributed by atoms with Crippen LogP contribution >= 0.6 is 0 Å². The van der Waals surface area contributed by atoms with Gasteiger partial charge in [0.25, 0.3) is 0 Å². The molecule has 16 heavy (non-hydrogen) atoms. The van der Waals surface area contributed by atoms with Gasteiger partial charge in [-0.25, -0.2) is 0 Å². The van der Waals surface area contributed by atoms with E-state index in [1.165, 1.54) is 13.0 Å². The van der Waals surface area contributed by atoms with Crippen molar-refractivity contribution in [3.05, 3.63) is 0 Å². The zero-order chi connectivity index (χ0) is 11.7. The predicted molar refractivity (Wildman–Crippen MR) is 63.3 cm³/mol. The number of ether oxygens (including phenoxy) is 1. The maximum Gasteiger partial charge on any atom is 0.132 e. The first kappa shape index (κ1) is 12.1. The van der Waals surface area contributed by atoms with E-state index in [0.717, 1.165) is 18.4 Å². The van der Waals surface area contributed by atoms with Crippen molar-refractivity contribution < 1.29 is 9.53 Å². The molecule has 92 valence electrons. The van der Waals surface area contributed by atoms with E-state index in [1.807, 2.05) is 0 Å². The van der Waals surface area contributed by atoms with Gasteiger partial charge in [0.1, 0.15) is 5.78 Å². The number of likely N-dealkylation sites (tertiary alicyclic amines) is 1. The fourth-order valence-electron chi connectivity index (χ4n) is 2.84. The Morgan fingerprint density at radius 2 is 2.25 bits per heavy atom. The van der Waals surface area contributed by atoms with Crippen molar-refractivity contribution in [3.63, 3.8) is 0 Å². The minimum Gasteiger partial charge on any atom is -0.379 e. The fraction of sp³-hybridized carbons (Fsp3) is 0.923. The standard InChI is InChI=1S/C13H23NO2/c1-9(2)14-7-11-6-12(11)13(14)8-16-5-4-10(3)15/h9,11-13H,4-8H2,1-3H3/t11-,12-,13+/m0/s1. The topological polar surface area (TPSA) is 29.5 Å². The zero-order valence-corrected chi connectivity index (χ0v) is 10.6. The Morgan fingerprint density at radius 3 is 2.88 bits per heavy atom. The van der Waals surface area contributed by atoms with Gasteiger partial charge in [-0.1, -0.05) is 0 Å². The van der Waals surface area contributed by atoms with Gasteiger partial charge in [0.2, 0.25) is 0 Å². The fourth-order valence-corrected chi connectivity index (χ4v) is 2.84. The number of carbonyl (C=O) groups is 1. The number of carbonyl (C=O) groups excluding carboxylic acids is 1. The zero-order valence-electron chi connectivity index (χ0n) is 10.6. The lowest BCUT2D eigenvalue weighted by molar-refractivity contribution is -0.118. The summed E-state index contributed by atoms with van der Waals surface area (Å²) in [7, 11) is 0. The Hall–Kier alpha value is -0.410. The number of Topliss-reactive ketones (excluding diaryl/α,β-unsaturated/α-hetero) is 1. The molecular weight excluding hydrogens is 202 g/mol. The molecule has 3 nitrogen and oxygen atoms in total. The molecule has 0 aromatic heterocycles. The molecule has 0 radical (unpaired) electrons. The molecule has 0 spiro atoms. The van der Waals surface area contributed by atoms with Crippen molar-refractivity contribution >= 4 is 5.78 Å². The van der Waals surface area contributed by atoms with E-state index >= 15 is 0 Å². The van der Waals surface area contributed by atoms with Gasteiger partial charge in [0.05, 0.1) is 13.2 Å². The summed E-state index contributed by atoms with van der Waals surface area (Å²) in [5, 5.41) is 0. The van der Waals surface area contributed by atoms with E-state index < -0.39 is 0 Å². The molecule has 0 bridgehead atoms. The molecule has 1 heterocycles. The molecule has 1 saturated carbocycles. The van der Waals surface area contributed by atoms with E-state index in [4.69, 9.17) is 4.74 Å². The number of ketones is 1. The highest BCUT2D eigenvalue weighted by Gasteiger charge is 2.52. The summed E-state index contributed by atoms with van der Waals surface area (Å²) < 4.78 is 5.64. The van der Waals surface area contributed by atoms with Crippen molar-refractivity contribution in [2.45, 2.75) is 45.7 Å². The molecule has 2 fully saturated rings. The van der Waals surface area contributed by atoms with Gasteiger partial charge in [-0.15, -0.1) is 0 Å². The SMILES string of the molecule is CC(=O)CCOC[C@@H]1[C@H]2C[C@H]2CN1C(C)C. The van der Waals surface area contributed by atoms with Crippen LogP contribution in [0.3, 0.4) is 0 Å². The average molecular weight is 225 g/mol. The summed E-state index contributed by atoms with van der Waals surface area (Å²) in [6.45, 7) is 8.79. The van der Waals surface area contributed by atoms with Gasteiger partial charge in [-0.2, -0.15) is 0 Å². The third-order valence-corrected chi connectivity index (χ3v) is 3.89. The Morgan fingerprint density at radius 1 is 1.50 bits per heavy atom. The normalized spacial score (nSPS) is 33.1. The summed E-state index contributed by atoms with van der Waals surface area (Å²) >= 11 is 0. The Balaban J connectivity index is 1.73. The third kappa shape index (κ3) is 2.64. The minimum atomic E-state index is 0.219. The van der Waals surface area contributed by atoms with E-state index in [0.29, 0.717) is 25.1 Å². The van der Waals surface area contributed by atoms with Gasteiger partial charge >= 0.3 is 0 Å². The van der Waals surface area contributed by atoms with Crippen LogP contribution in [0.25, 0.3) is 0 Å². The molecule has 0 unspecified atom stereocenters. The van der Waals surface area contributed by atoms with Gasteiger partial charge < -0.3 is 4.74 Å². The van der Waals surface area contributed by atoms with Gasteiger partial charge in [-0.3, -0.25) is 9.69 Å². The second-order valence-corrected chi connectivity index (χ2v) is 5.54. The quantitative estimate of drug-likeness (QED) is 0.645. The highest BCUT2D eigenvalue weighted by atomic mass is 16.5. The van der Waals surface area contributed by atoms with E-state index in [-0.39, 0.29) is 5.78 Å². The maximum atomic E-state index is 10.8. The Labute approximate surface area is 98.1 Å². The maximum absolute atomic E-state index is 10.8. The second kappa shape index (κ2) is 4.84. The molecule has 2 aliphatic rings. The van der Waals surface area contributed by atoms with Crippen LogP contribution in [0.4, 0.5) is 0 Å². The van der Waals surface area contributed by atoms with Gasteiger partial charge in [-0.05, 0) is 39.0 Å². The van der Waals surface area contributed by atoms with E-state index in [2.05, 4.69) is 18.7 Å². The van der Waals surface area contributed by atoms with Crippen LogP contribution in [-0.2, 0) is 9.53 Å². The first-order valence-electron chi connectivity index (χ1n) is 6.42. The highest BCUT2D eigenvalue weighted by molar-refractivity contribution is 5.75. The number of fused-ring (bicyclic) bond motifs is 1. The lowest BCUT2D eigenvalue weighted by atomic mass is 10.1. The lowest BCUT2D eigenvalue weighted by Gasteiger charge is -2.30. The van der Waals surface area contributed by atoms with E-state index in [1.54, 1.807) is 6.92 Å². The van der Waals surface area contributed by atoms with Crippen molar-refractivity contribution in [2.24, 2.45) is 11.8 Å². The largest absolute Gasteiger partial charge is 0.379 e. The smallest absolute Gasteiger partial charge is 0.132 e. The molecule has 0 aromatic carbocycles. The third-order valence-electron chi connectivity index (χ3n) is 3.89. The summed E-state index contributed by atoms with van der Waals surface area (Å²) in [4.78, 5) is 13.4. The first-order chi connectivity index (χ1) is 7.59. The van der Waals surface area contributed by atoms with Crippen LogP contribution in [0.1, 0.15) is 33.6 Å². The Kier molecular flexibility index (Phi) is 3.65. The van der Waals surface area contributed by atoms with Crippen molar-refractivity contribution in [2.75, 3.05) is 19.8 Å².